The Kier molecular flexibility index (Phi) is 9.36. The Morgan fingerprint density at radius 3 is 2.54 bits per heavy atom. The fourth-order valence-electron chi connectivity index (χ4n) is 4.63. The van der Waals surface area contributed by atoms with Gasteiger partial charge in [-0.05, 0) is 52.6 Å². The van der Waals surface area contributed by atoms with Gasteiger partial charge in [0, 0.05) is 25.1 Å². The van der Waals surface area contributed by atoms with Crippen molar-refractivity contribution in [2.75, 3.05) is 40.0 Å². The maximum absolute atomic E-state index is 13.6. The van der Waals surface area contributed by atoms with Crippen LogP contribution in [0.2, 0.25) is 0 Å². The number of rotatable bonds is 11. The SMILES string of the molecule is COCCN(CC(=O)N1CCc2sccc2C1COc1ccc(C(C)C)cc1)C(=O)Cc1ccccc1. The molecule has 0 fully saturated rings. The quantitative estimate of drug-likeness (QED) is 0.353. The van der Waals surface area contributed by atoms with Gasteiger partial charge in [0.25, 0.3) is 0 Å². The fraction of sp³-hybridized carbons (Fsp3) is 0.400. The van der Waals surface area contributed by atoms with Crippen LogP contribution in [0.5, 0.6) is 5.75 Å². The van der Waals surface area contributed by atoms with Gasteiger partial charge in [-0.3, -0.25) is 9.59 Å². The smallest absolute Gasteiger partial charge is 0.242 e. The molecule has 0 radical (unpaired) electrons. The van der Waals surface area contributed by atoms with Crippen molar-refractivity contribution >= 4 is 23.2 Å². The molecule has 0 saturated heterocycles. The van der Waals surface area contributed by atoms with Crippen LogP contribution in [0, 0.1) is 0 Å². The van der Waals surface area contributed by atoms with Crippen molar-refractivity contribution in [2.45, 2.75) is 38.6 Å². The number of amides is 2. The third-order valence-electron chi connectivity index (χ3n) is 6.81. The van der Waals surface area contributed by atoms with Crippen molar-refractivity contribution in [3.05, 3.63) is 87.6 Å². The van der Waals surface area contributed by atoms with E-state index in [2.05, 4.69) is 37.4 Å². The van der Waals surface area contributed by atoms with Crippen molar-refractivity contribution in [3.63, 3.8) is 0 Å². The Balaban J connectivity index is 1.47. The lowest BCUT2D eigenvalue weighted by atomic mass is 10.00. The Labute approximate surface area is 223 Å². The number of benzene rings is 2. The minimum absolute atomic E-state index is 0.0219. The van der Waals surface area contributed by atoms with Crippen LogP contribution >= 0.6 is 11.3 Å². The first-order valence-corrected chi connectivity index (χ1v) is 13.7. The van der Waals surface area contributed by atoms with Crippen molar-refractivity contribution < 1.29 is 19.1 Å². The number of carbonyl (C=O) groups excluding carboxylic acids is 2. The van der Waals surface area contributed by atoms with Crippen molar-refractivity contribution in [3.8, 4) is 5.75 Å². The van der Waals surface area contributed by atoms with E-state index in [0.29, 0.717) is 32.2 Å². The number of methoxy groups -OCH3 is 1. The second kappa shape index (κ2) is 12.9. The molecule has 0 saturated carbocycles. The predicted octanol–water partition coefficient (Wildman–Crippen LogP) is 5.09. The monoisotopic (exact) mass is 520 g/mol. The Morgan fingerprint density at radius 1 is 1.08 bits per heavy atom. The molecule has 1 atom stereocenters. The van der Waals surface area contributed by atoms with Gasteiger partial charge >= 0.3 is 0 Å². The summed E-state index contributed by atoms with van der Waals surface area (Å²) in [7, 11) is 1.60. The average molecular weight is 521 g/mol. The van der Waals surface area contributed by atoms with E-state index in [4.69, 9.17) is 9.47 Å². The summed E-state index contributed by atoms with van der Waals surface area (Å²) in [4.78, 5) is 31.6. The average Bonchev–Trinajstić information content (AvgIpc) is 3.39. The highest BCUT2D eigenvalue weighted by molar-refractivity contribution is 7.10. The lowest BCUT2D eigenvalue weighted by molar-refractivity contribution is -0.142. The highest BCUT2D eigenvalue weighted by atomic mass is 32.1. The van der Waals surface area contributed by atoms with Crippen LogP contribution in [0.15, 0.2) is 66.0 Å². The summed E-state index contributed by atoms with van der Waals surface area (Å²) in [5.41, 5.74) is 3.33. The van der Waals surface area contributed by atoms with Gasteiger partial charge in [0.1, 0.15) is 12.4 Å². The van der Waals surface area contributed by atoms with Gasteiger partial charge in [0.05, 0.1) is 25.6 Å². The molecule has 2 amide bonds. The minimum Gasteiger partial charge on any atom is -0.491 e. The minimum atomic E-state index is -0.194. The molecule has 1 unspecified atom stereocenters. The number of thiophene rings is 1. The standard InChI is InChI=1S/C30H36N2O4S/c1-22(2)24-9-11-25(12-10-24)36-21-27-26-14-18-37-28(26)13-15-32(27)30(34)20-31(16-17-35-3)29(33)19-23-7-5-4-6-8-23/h4-12,14,18,22,27H,13,15-17,19-21H2,1-3H3. The fourth-order valence-corrected chi connectivity index (χ4v) is 5.56. The molecule has 0 aliphatic carbocycles. The molecule has 3 aromatic rings. The molecule has 2 heterocycles. The van der Waals surface area contributed by atoms with Crippen LogP contribution in [0.3, 0.4) is 0 Å². The number of hydrogen-bond donors (Lipinski definition) is 0. The molecule has 7 heteroatoms. The zero-order valence-corrected chi connectivity index (χ0v) is 22.7. The van der Waals surface area contributed by atoms with Crippen LogP contribution in [-0.4, -0.2) is 61.6 Å². The molecule has 1 aliphatic rings. The molecule has 0 bridgehead atoms. The second-order valence-corrected chi connectivity index (χ2v) is 10.7. The van der Waals surface area contributed by atoms with Crippen LogP contribution < -0.4 is 4.74 Å². The van der Waals surface area contributed by atoms with Crippen LogP contribution in [0.25, 0.3) is 0 Å². The summed E-state index contributed by atoms with van der Waals surface area (Å²) in [6.45, 7) is 6.08. The second-order valence-electron chi connectivity index (χ2n) is 9.66. The summed E-state index contributed by atoms with van der Waals surface area (Å²) >= 11 is 1.73. The largest absolute Gasteiger partial charge is 0.491 e. The van der Waals surface area contributed by atoms with Gasteiger partial charge in [0.2, 0.25) is 11.8 Å². The van der Waals surface area contributed by atoms with E-state index in [1.54, 1.807) is 23.3 Å². The molecule has 4 rings (SSSR count). The van der Waals surface area contributed by atoms with Gasteiger partial charge in [-0.25, -0.2) is 0 Å². The zero-order chi connectivity index (χ0) is 26.2. The van der Waals surface area contributed by atoms with Gasteiger partial charge in [-0.15, -0.1) is 11.3 Å². The number of carbonyl (C=O) groups is 2. The van der Waals surface area contributed by atoms with E-state index in [1.165, 1.54) is 10.4 Å². The third-order valence-corrected chi connectivity index (χ3v) is 7.81. The molecule has 6 nitrogen and oxygen atoms in total. The molecule has 1 aliphatic heterocycles. The van der Waals surface area contributed by atoms with E-state index < -0.39 is 0 Å². The predicted molar refractivity (Wildman–Crippen MR) is 147 cm³/mol. The Hall–Kier alpha value is -3.16. The summed E-state index contributed by atoms with van der Waals surface area (Å²) in [6, 6.07) is 19.7. The lowest BCUT2D eigenvalue weighted by Crippen LogP contribution is -2.48. The van der Waals surface area contributed by atoms with Crippen LogP contribution in [0.4, 0.5) is 0 Å². The Bertz CT molecular complexity index is 1160. The van der Waals surface area contributed by atoms with Gasteiger partial charge < -0.3 is 19.3 Å². The van der Waals surface area contributed by atoms with Gasteiger partial charge in [-0.1, -0.05) is 56.3 Å². The summed E-state index contributed by atoms with van der Waals surface area (Å²) in [6.07, 6.45) is 1.07. The molecule has 0 spiro atoms. The van der Waals surface area contributed by atoms with Gasteiger partial charge in [-0.2, -0.15) is 0 Å². The first-order chi connectivity index (χ1) is 18.0. The zero-order valence-electron chi connectivity index (χ0n) is 21.9. The Morgan fingerprint density at radius 2 is 1.84 bits per heavy atom. The molecule has 37 heavy (non-hydrogen) atoms. The maximum atomic E-state index is 13.6. The summed E-state index contributed by atoms with van der Waals surface area (Å²) in [5, 5.41) is 2.08. The highest BCUT2D eigenvalue weighted by Crippen LogP contribution is 2.34. The number of nitrogens with zero attached hydrogens (tertiary/aromatic N) is 2. The lowest BCUT2D eigenvalue weighted by Gasteiger charge is -2.37. The van der Waals surface area contributed by atoms with Crippen LogP contribution in [-0.2, 0) is 27.2 Å². The normalized spacial score (nSPS) is 14.9. The summed E-state index contributed by atoms with van der Waals surface area (Å²) < 4.78 is 11.4. The number of hydrogen-bond acceptors (Lipinski definition) is 5. The van der Waals surface area contributed by atoms with E-state index in [9.17, 15) is 9.59 Å². The number of fused-ring (bicyclic) bond motifs is 1. The van der Waals surface area contributed by atoms with Crippen molar-refractivity contribution in [1.82, 2.24) is 9.80 Å². The van der Waals surface area contributed by atoms with Crippen molar-refractivity contribution in [2.24, 2.45) is 0 Å². The first-order valence-electron chi connectivity index (χ1n) is 12.9. The molecular formula is C30H36N2O4S. The van der Waals surface area contributed by atoms with E-state index in [1.807, 2.05) is 47.4 Å². The van der Waals surface area contributed by atoms with Crippen molar-refractivity contribution in [1.29, 1.82) is 0 Å². The molecule has 0 N–H and O–H groups in total. The van der Waals surface area contributed by atoms with E-state index in [0.717, 1.165) is 23.3 Å². The van der Waals surface area contributed by atoms with E-state index in [-0.39, 0.29) is 30.8 Å². The highest BCUT2D eigenvalue weighted by Gasteiger charge is 2.33. The maximum Gasteiger partial charge on any atom is 0.242 e. The summed E-state index contributed by atoms with van der Waals surface area (Å²) in [5.74, 6) is 1.10. The molecular weight excluding hydrogens is 484 g/mol. The topological polar surface area (TPSA) is 59.1 Å². The molecule has 2 aromatic carbocycles. The first kappa shape index (κ1) is 26.9. The molecule has 196 valence electrons. The number of ether oxygens (including phenoxy) is 2. The molecule has 1 aromatic heterocycles. The van der Waals surface area contributed by atoms with Crippen LogP contribution in [0.1, 0.15) is 47.4 Å². The third kappa shape index (κ3) is 6.99. The van der Waals surface area contributed by atoms with E-state index >= 15 is 0 Å². The van der Waals surface area contributed by atoms with Gasteiger partial charge in [0.15, 0.2) is 0 Å².